The summed E-state index contributed by atoms with van der Waals surface area (Å²) in [6.45, 7) is 0.706. The van der Waals surface area contributed by atoms with Crippen LogP contribution in [0.3, 0.4) is 0 Å². The van der Waals surface area contributed by atoms with Crippen LogP contribution < -0.4 is 10.6 Å². The number of carboxylic acids is 1. The van der Waals surface area contributed by atoms with E-state index in [-0.39, 0.29) is 23.9 Å². The normalized spacial score (nSPS) is 22.9. The number of aliphatic carboxylic acids is 1. The van der Waals surface area contributed by atoms with Crippen LogP contribution in [0.15, 0.2) is 18.2 Å². The predicted molar refractivity (Wildman–Crippen MR) is 92.6 cm³/mol. The van der Waals surface area contributed by atoms with Gasteiger partial charge >= 0.3 is 12.0 Å². The molecule has 2 aliphatic rings. The molecule has 0 spiro atoms. The molecule has 3 rings (SSSR count). The highest BCUT2D eigenvalue weighted by Crippen LogP contribution is 2.25. The van der Waals surface area contributed by atoms with Crippen molar-refractivity contribution in [3.63, 3.8) is 0 Å². The van der Waals surface area contributed by atoms with Crippen LogP contribution in [0.4, 0.5) is 10.5 Å². The second kappa shape index (κ2) is 7.13. The maximum atomic E-state index is 12.2. The first-order valence-corrected chi connectivity index (χ1v) is 8.62. The average Bonchev–Trinajstić information content (AvgIpc) is 2.59. The number of hydrogen-bond acceptors (Lipinski definition) is 3. The Bertz CT molecular complexity index is 696. The van der Waals surface area contributed by atoms with Gasteiger partial charge in [-0.1, -0.05) is 6.07 Å². The van der Waals surface area contributed by atoms with Gasteiger partial charge in [0.1, 0.15) is 0 Å². The average molecular weight is 345 g/mol. The smallest absolute Gasteiger partial charge is 0.319 e. The molecule has 7 nitrogen and oxygen atoms in total. The number of amides is 3. The van der Waals surface area contributed by atoms with Crippen molar-refractivity contribution in [3.05, 3.63) is 29.3 Å². The van der Waals surface area contributed by atoms with Crippen LogP contribution in [0, 0.1) is 5.92 Å². The summed E-state index contributed by atoms with van der Waals surface area (Å²) in [5, 5.41) is 14.7. The van der Waals surface area contributed by atoms with E-state index in [0.717, 1.165) is 12.0 Å². The molecule has 25 heavy (non-hydrogen) atoms. The van der Waals surface area contributed by atoms with Crippen LogP contribution in [0.1, 0.15) is 41.6 Å². The molecule has 0 saturated heterocycles. The zero-order chi connectivity index (χ0) is 18.0. The summed E-state index contributed by atoms with van der Waals surface area (Å²) in [5.74, 6) is -1.09. The van der Waals surface area contributed by atoms with Gasteiger partial charge in [0.25, 0.3) is 5.91 Å². The summed E-state index contributed by atoms with van der Waals surface area (Å²) in [6, 6.07) is 5.07. The lowest BCUT2D eigenvalue weighted by molar-refractivity contribution is -0.142. The first kappa shape index (κ1) is 17.3. The molecule has 1 fully saturated rings. The zero-order valence-corrected chi connectivity index (χ0v) is 14.2. The third-order valence-electron chi connectivity index (χ3n) is 5.07. The monoisotopic (exact) mass is 345 g/mol. The maximum absolute atomic E-state index is 12.2. The lowest BCUT2D eigenvalue weighted by Gasteiger charge is -2.27. The van der Waals surface area contributed by atoms with Gasteiger partial charge in [-0.05, 0) is 49.8 Å². The lowest BCUT2D eigenvalue weighted by atomic mass is 9.86. The zero-order valence-electron chi connectivity index (χ0n) is 14.2. The van der Waals surface area contributed by atoms with E-state index in [2.05, 4.69) is 10.6 Å². The summed E-state index contributed by atoms with van der Waals surface area (Å²) in [4.78, 5) is 37.0. The number of anilines is 1. The molecule has 1 aliphatic carbocycles. The summed E-state index contributed by atoms with van der Waals surface area (Å²) in [6.07, 6.45) is 3.31. The van der Waals surface area contributed by atoms with E-state index in [0.29, 0.717) is 43.5 Å². The molecule has 1 saturated carbocycles. The van der Waals surface area contributed by atoms with Gasteiger partial charge in [-0.25, -0.2) is 4.79 Å². The number of hydrogen-bond donors (Lipinski definition) is 3. The second-order valence-corrected chi connectivity index (χ2v) is 6.83. The molecular formula is C18H23N3O4. The Morgan fingerprint density at radius 1 is 1.20 bits per heavy atom. The predicted octanol–water partition coefficient (Wildman–Crippen LogP) is 2.08. The van der Waals surface area contributed by atoms with Gasteiger partial charge in [0.2, 0.25) is 0 Å². The Hall–Kier alpha value is -2.57. The fourth-order valence-electron chi connectivity index (χ4n) is 3.50. The Morgan fingerprint density at radius 2 is 1.92 bits per heavy atom. The van der Waals surface area contributed by atoms with Crippen LogP contribution in [-0.2, 0) is 11.2 Å². The molecule has 3 amide bonds. The van der Waals surface area contributed by atoms with Gasteiger partial charge in [-0.3, -0.25) is 9.59 Å². The van der Waals surface area contributed by atoms with Gasteiger partial charge in [0.15, 0.2) is 0 Å². The Kier molecular flexibility index (Phi) is 4.92. The number of rotatable bonds is 3. The maximum Gasteiger partial charge on any atom is 0.319 e. The standard InChI is InChI=1S/C18H23N3O4/c1-21-9-8-11-2-7-14(10-15(11)16(21)22)20-18(25)19-13-5-3-12(4-6-13)17(23)24/h2,7,10,12-13H,3-6,8-9H2,1H3,(H,23,24)(H2,19,20,25). The SMILES string of the molecule is CN1CCc2ccc(NC(=O)NC3CCC(C(=O)O)CC3)cc2C1=O. The lowest BCUT2D eigenvalue weighted by Crippen LogP contribution is -2.41. The van der Waals surface area contributed by atoms with Crippen molar-refractivity contribution in [1.82, 2.24) is 10.2 Å². The van der Waals surface area contributed by atoms with Gasteiger partial charge < -0.3 is 20.6 Å². The number of fused-ring (bicyclic) bond motifs is 1. The van der Waals surface area contributed by atoms with E-state index in [4.69, 9.17) is 5.11 Å². The fourth-order valence-corrected chi connectivity index (χ4v) is 3.50. The molecule has 3 N–H and O–H groups in total. The molecule has 0 atom stereocenters. The van der Waals surface area contributed by atoms with Crippen LogP contribution in [0.2, 0.25) is 0 Å². The number of carbonyl (C=O) groups excluding carboxylic acids is 2. The van der Waals surface area contributed by atoms with Gasteiger partial charge in [-0.2, -0.15) is 0 Å². The summed E-state index contributed by atoms with van der Waals surface area (Å²) in [7, 11) is 1.77. The molecule has 7 heteroatoms. The summed E-state index contributed by atoms with van der Waals surface area (Å²) < 4.78 is 0. The minimum Gasteiger partial charge on any atom is -0.481 e. The molecular weight excluding hydrogens is 322 g/mol. The minimum atomic E-state index is -0.758. The number of nitrogens with one attached hydrogen (secondary N) is 2. The van der Waals surface area contributed by atoms with Gasteiger partial charge in [0.05, 0.1) is 5.92 Å². The number of likely N-dealkylation sites (N-methyl/N-ethyl adjacent to an activating group) is 1. The van der Waals surface area contributed by atoms with Crippen molar-refractivity contribution in [2.75, 3.05) is 18.9 Å². The molecule has 1 aliphatic heterocycles. The summed E-state index contributed by atoms with van der Waals surface area (Å²) >= 11 is 0. The van der Waals surface area contributed by atoms with Crippen LogP contribution in [-0.4, -0.2) is 47.5 Å². The van der Waals surface area contributed by atoms with Gasteiger partial charge in [-0.15, -0.1) is 0 Å². The largest absolute Gasteiger partial charge is 0.481 e. The van der Waals surface area contributed by atoms with Crippen molar-refractivity contribution in [3.8, 4) is 0 Å². The van der Waals surface area contributed by atoms with Crippen molar-refractivity contribution in [1.29, 1.82) is 0 Å². The number of urea groups is 1. The molecule has 0 unspecified atom stereocenters. The Balaban J connectivity index is 1.57. The molecule has 0 radical (unpaired) electrons. The molecule has 134 valence electrons. The third-order valence-corrected chi connectivity index (χ3v) is 5.07. The van der Waals surface area contributed by atoms with E-state index >= 15 is 0 Å². The topological polar surface area (TPSA) is 98.7 Å². The van der Waals surface area contributed by atoms with E-state index in [9.17, 15) is 14.4 Å². The minimum absolute atomic E-state index is 0.0130. The van der Waals surface area contributed by atoms with Crippen molar-refractivity contribution < 1.29 is 19.5 Å². The van der Waals surface area contributed by atoms with Crippen molar-refractivity contribution in [2.24, 2.45) is 5.92 Å². The number of benzene rings is 1. The fraction of sp³-hybridized carbons (Fsp3) is 0.500. The quantitative estimate of drug-likeness (QED) is 0.781. The highest BCUT2D eigenvalue weighted by atomic mass is 16.4. The number of carboxylic acid groups (broad SMARTS) is 1. The van der Waals surface area contributed by atoms with E-state index in [1.807, 2.05) is 6.07 Å². The van der Waals surface area contributed by atoms with Crippen molar-refractivity contribution >= 4 is 23.6 Å². The van der Waals surface area contributed by atoms with E-state index in [1.165, 1.54) is 0 Å². The van der Waals surface area contributed by atoms with Crippen molar-refractivity contribution in [2.45, 2.75) is 38.1 Å². The third kappa shape index (κ3) is 3.92. The first-order chi connectivity index (χ1) is 11.9. The first-order valence-electron chi connectivity index (χ1n) is 8.62. The molecule has 0 aromatic heterocycles. The van der Waals surface area contributed by atoms with Gasteiger partial charge in [0, 0.05) is 30.9 Å². The molecule has 0 bridgehead atoms. The van der Waals surface area contributed by atoms with E-state index < -0.39 is 5.97 Å². The Morgan fingerprint density at radius 3 is 2.60 bits per heavy atom. The summed E-state index contributed by atoms with van der Waals surface area (Å²) in [5.41, 5.74) is 2.22. The molecule has 1 aromatic carbocycles. The van der Waals surface area contributed by atoms with Crippen LogP contribution in [0.25, 0.3) is 0 Å². The molecule has 1 heterocycles. The van der Waals surface area contributed by atoms with Crippen LogP contribution in [0.5, 0.6) is 0 Å². The molecule has 1 aromatic rings. The highest BCUT2D eigenvalue weighted by Gasteiger charge is 2.27. The second-order valence-electron chi connectivity index (χ2n) is 6.83. The number of carbonyl (C=O) groups is 3. The van der Waals surface area contributed by atoms with E-state index in [1.54, 1.807) is 24.1 Å². The Labute approximate surface area is 146 Å². The highest BCUT2D eigenvalue weighted by molar-refractivity contribution is 5.99. The number of nitrogens with zero attached hydrogens (tertiary/aromatic N) is 1. The van der Waals surface area contributed by atoms with Crippen LogP contribution >= 0.6 is 0 Å².